The molecule has 1 aromatic heterocycles. The van der Waals surface area contributed by atoms with E-state index >= 15 is 0 Å². The lowest BCUT2D eigenvalue weighted by molar-refractivity contribution is 0.0614. The van der Waals surface area contributed by atoms with E-state index in [2.05, 4.69) is 15.6 Å². The molecule has 0 bridgehead atoms. The second kappa shape index (κ2) is 5.51. The maximum atomic E-state index is 10.2. The van der Waals surface area contributed by atoms with Gasteiger partial charge in [-0.05, 0) is 18.9 Å². The first-order valence-electron chi connectivity index (χ1n) is 6.04. The Morgan fingerprint density at radius 1 is 1.28 bits per heavy atom. The SMILES string of the molecule is CNc1nc(NCC2(O)CCCC2)c(Cl)cc1Cl. The van der Waals surface area contributed by atoms with E-state index in [9.17, 15) is 5.11 Å². The number of aromatic nitrogens is 1. The number of hydrogen-bond acceptors (Lipinski definition) is 4. The third kappa shape index (κ3) is 2.99. The summed E-state index contributed by atoms with van der Waals surface area (Å²) in [6, 6.07) is 1.64. The number of nitrogens with zero attached hydrogens (tertiary/aromatic N) is 1. The average Bonchev–Trinajstić information content (AvgIpc) is 2.76. The fourth-order valence-electron chi connectivity index (χ4n) is 2.22. The van der Waals surface area contributed by atoms with Gasteiger partial charge in [0.05, 0.1) is 15.6 Å². The molecule has 18 heavy (non-hydrogen) atoms. The normalized spacial score (nSPS) is 17.8. The third-order valence-electron chi connectivity index (χ3n) is 3.29. The Morgan fingerprint density at radius 3 is 2.50 bits per heavy atom. The molecule has 0 atom stereocenters. The van der Waals surface area contributed by atoms with Crippen LogP contribution in [0.25, 0.3) is 0 Å². The largest absolute Gasteiger partial charge is 0.388 e. The van der Waals surface area contributed by atoms with Gasteiger partial charge in [0.2, 0.25) is 0 Å². The highest BCUT2D eigenvalue weighted by Crippen LogP contribution is 2.32. The minimum absolute atomic E-state index is 0.459. The molecular formula is C12H17Cl2N3O. The molecule has 1 aliphatic rings. The number of aliphatic hydroxyl groups is 1. The van der Waals surface area contributed by atoms with Crippen LogP contribution in [0, 0.1) is 0 Å². The van der Waals surface area contributed by atoms with Crippen LogP contribution in [-0.2, 0) is 0 Å². The highest BCUT2D eigenvalue weighted by Gasteiger charge is 2.31. The van der Waals surface area contributed by atoms with Crippen LogP contribution in [0.4, 0.5) is 11.6 Å². The van der Waals surface area contributed by atoms with Crippen LogP contribution in [0.1, 0.15) is 25.7 Å². The van der Waals surface area contributed by atoms with E-state index in [4.69, 9.17) is 23.2 Å². The Hall–Kier alpha value is -0.710. The van der Waals surface area contributed by atoms with Gasteiger partial charge in [0, 0.05) is 13.6 Å². The maximum absolute atomic E-state index is 10.2. The van der Waals surface area contributed by atoms with Crippen LogP contribution in [0.2, 0.25) is 10.0 Å². The molecule has 3 N–H and O–H groups in total. The molecule has 1 aliphatic carbocycles. The first-order chi connectivity index (χ1) is 8.54. The standard InChI is InChI=1S/C12H17Cl2N3O/c1-15-10-8(13)6-9(14)11(17-10)16-7-12(18)4-2-3-5-12/h6,18H,2-5,7H2,1H3,(H2,15,16,17). The van der Waals surface area contributed by atoms with Gasteiger partial charge in [0.15, 0.2) is 0 Å². The van der Waals surface area contributed by atoms with Gasteiger partial charge in [-0.2, -0.15) is 0 Å². The quantitative estimate of drug-likeness (QED) is 0.797. The number of halogens is 2. The van der Waals surface area contributed by atoms with Crippen molar-refractivity contribution in [3.63, 3.8) is 0 Å². The predicted octanol–water partition coefficient (Wildman–Crippen LogP) is 3.15. The summed E-state index contributed by atoms with van der Waals surface area (Å²) < 4.78 is 0. The van der Waals surface area contributed by atoms with Gasteiger partial charge >= 0.3 is 0 Å². The summed E-state index contributed by atoms with van der Waals surface area (Å²) >= 11 is 12.0. The van der Waals surface area contributed by atoms with Gasteiger partial charge in [-0.3, -0.25) is 0 Å². The summed E-state index contributed by atoms with van der Waals surface area (Å²) in [5.41, 5.74) is -0.634. The van der Waals surface area contributed by atoms with E-state index in [1.54, 1.807) is 13.1 Å². The van der Waals surface area contributed by atoms with E-state index < -0.39 is 5.60 Å². The zero-order valence-electron chi connectivity index (χ0n) is 10.3. The van der Waals surface area contributed by atoms with E-state index in [-0.39, 0.29) is 0 Å². The van der Waals surface area contributed by atoms with Crippen molar-refractivity contribution in [2.24, 2.45) is 0 Å². The lowest BCUT2D eigenvalue weighted by Gasteiger charge is -2.23. The van der Waals surface area contributed by atoms with Crippen molar-refractivity contribution in [3.8, 4) is 0 Å². The van der Waals surface area contributed by atoms with Crippen molar-refractivity contribution in [2.45, 2.75) is 31.3 Å². The molecule has 4 nitrogen and oxygen atoms in total. The van der Waals surface area contributed by atoms with Crippen molar-refractivity contribution in [3.05, 3.63) is 16.1 Å². The molecule has 0 unspecified atom stereocenters. The monoisotopic (exact) mass is 289 g/mol. The number of rotatable bonds is 4. The van der Waals surface area contributed by atoms with Crippen LogP contribution < -0.4 is 10.6 Å². The zero-order valence-corrected chi connectivity index (χ0v) is 11.8. The smallest absolute Gasteiger partial charge is 0.147 e. The van der Waals surface area contributed by atoms with E-state index in [0.29, 0.717) is 28.2 Å². The minimum atomic E-state index is -0.634. The molecule has 0 aliphatic heterocycles. The van der Waals surface area contributed by atoms with Crippen LogP contribution in [0.15, 0.2) is 6.07 Å². The summed E-state index contributed by atoms with van der Waals surface area (Å²) in [6.07, 6.45) is 3.79. The van der Waals surface area contributed by atoms with Crippen molar-refractivity contribution < 1.29 is 5.11 Å². The second-order valence-electron chi connectivity index (χ2n) is 4.68. The number of nitrogens with one attached hydrogen (secondary N) is 2. The molecule has 1 aromatic rings. The molecule has 0 aromatic carbocycles. The van der Waals surface area contributed by atoms with Crippen molar-refractivity contribution >= 4 is 34.8 Å². The first-order valence-corrected chi connectivity index (χ1v) is 6.80. The van der Waals surface area contributed by atoms with E-state index in [1.165, 1.54) is 0 Å². The third-order valence-corrected chi connectivity index (χ3v) is 3.86. The van der Waals surface area contributed by atoms with Gasteiger partial charge in [-0.1, -0.05) is 36.0 Å². The van der Waals surface area contributed by atoms with Crippen LogP contribution in [0.3, 0.4) is 0 Å². The van der Waals surface area contributed by atoms with Gasteiger partial charge in [0.25, 0.3) is 0 Å². The fourth-order valence-corrected chi connectivity index (χ4v) is 2.74. The molecule has 2 rings (SSSR count). The highest BCUT2D eigenvalue weighted by atomic mass is 35.5. The van der Waals surface area contributed by atoms with Crippen LogP contribution in [-0.4, -0.2) is 29.3 Å². The number of hydrogen-bond donors (Lipinski definition) is 3. The van der Waals surface area contributed by atoms with Gasteiger partial charge in [-0.25, -0.2) is 4.98 Å². The van der Waals surface area contributed by atoms with E-state index in [0.717, 1.165) is 25.7 Å². The summed E-state index contributed by atoms with van der Waals surface area (Å²) in [6.45, 7) is 0.463. The average molecular weight is 290 g/mol. The minimum Gasteiger partial charge on any atom is -0.388 e. The molecule has 6 heteroatoms. The Balaban J connectivity index is 2.09. The van der Waals surface area contributed by atoms with Gasteiger partial charge in [-0.15, -0.1) is 0 Å². The Bertz CT molecular complexity index is 434. The number of anilines is 2. The summed E-state index contributed by atoms with van der Waals surface area (Å²) in [5.74, 6) is 1.12. The molecule has 0 spiro atoms. The maximum Gasteiger partial charge on any atom is 0.147 e. The number of pyridine rings is 1. The second-order valence-corrected chi connectivity index (χ2v) is 5.50. The van der Waals surface area contributed by atoms with Crippen molar-refractivity contribution in [2.75, 3.05) is 24.2 Å². The zero-order chi connectivity index (χ0) is 13.2. The Kier molecular flexibility index (Phi) is 4.20. The van der Waals surface area contributed by atoms with Crippen molar-refractivity contribution in [1.29, 1.82) is 0 Å². The molecule has 0 amide bonds. The molecule has 1 heterocycles. The summed E-state index contributed by atoms with van der Waals surface area (Å²) in [5, 5.41) is 17.2. The summed E-state index contributed by atoms with van der Waals surface area (Å²) in [7, 11) is 1.75. The Labute approximate surface area is 117 Å². The predicted molar refractivity (Wildman–Crippen MR) is 75.7 cm³/mol. The van der Waals surface area contributed by atoms with Crippen LogP contribution in [0.5, 0.6) is 0 Å². The van der Waals surface area contributed by atoms with Crippen LogP contribution >= 0.6 is 23.2 Å². The highest BCUT2D eigenvalue weighted by molar-refractivity contribution is 6.37. The fraction of sp³-hybridized carbons (Fsp3) is 0.583. The van der Waals surface area contributed by atoms with Gasteiger partial charge < -0.3 is 15.7 Å². The molecule has 100 valence electrons. The molecule has 0 radical (unpaired) electrons. The lowest BCUT2D eigenvalue weighted by atomic mass is 10.0. The molecule has 1 fully saturated rings. The first kappa shape index (κ1) is 13.7. The lowest BCUT2D eigenvalue weighted by Crippen LogP contribution is -2.33. The molecule has 1 saturated carbocycles. The summed E-state index contributed by atoms with van der Waals surface area (Å²) in [4.78, 5) is 4.29. The van der Waals surface area contributed by atoms with E-state index in [1.807, 2.05) is 0 Å². The Morgan fingerprint density at radius 2 is 1.89 bits per heavy atom. The molecule has 0 saturated heterocycles. The van der Waals surface area contributed by atoms with Gasteiger partial charge in [0.1, 0.15) is 11.6 Å². The van der Waals surface area contributed by atoms with Crippen molar-refractivity contribution in [1.82, 2.24) is 4.98 Å². The topological polar surface area (TPSA) is 57.2 Å². The molecular weight excluding hydrogens is 273 g/mol.